The van der Waals surface area contributed by atoms with Gasteiger partial charge in [0.2, 0.25) is 0 Å². The maximum Gasteiger partial charge on any atom is 0.0638 e. The molecule has 0 aliphatic carbocycles. The van der Waals surface area contributed by atoms with Gasteiger partial charge in [0.15, 0.2) is 0 Å². The fourth-order valence-corrected chi connectivity index (χ4v) is 1.32. The van der Waals surface area contributed by atoms with E-state index in [2.05, 4.69) is 23.5 Å². The molecule has 1 aromatic rings. The summed E-state index contributed by atoms with van der Waals surface area (Å²) in [5.74, 6) is 0. The van der Waals surface area contributed by atoms with Crippen LogP contribution in [0.25, 0.3) is 0 Å². The molecule has 14 heavy (non-hydrogen) atoms. The highest BCUT2D eigenvalue weighted by Crippen LogP contribution is 1.98. The summed E-state index contributed by atoms with van der Waals surface area (Å²) in [7, 11) is 0. The summed E-state index contributed by atoms with van der Waals surface area (Å²) >= 11 is 0. The Kier molecular flexibility index (Phi) is 4.74. The number of nitrogens with one attached hydrogen (secondary N) is 1. The van der Waals surface area contributed by atoms with Gasteiger partial charge in [-0.3, -0.25) is 0 Å². The van der Waals surface area contributed by atoms with Gasteiger partial charge in [-0.25, -0.2) is 0 Å². The maximum atomic E-state index is 8.46. The zero-order valence-corrected chi connectivity index (χ0v) is 8.53. The number of hydrogen-bond acceptors (Lipinski definition) is 2. The molecule has 0 spiro atoms. The summed E-state index contributed by atoms with van der Waals surface area (Å²) in [6.07, 6.45) is 1.60. The number of rotatable bonds is 5. The van der Waals surface area contributed by atoms with E-state index in [9.17, 15) is 0 Å². The minimum atomic E-state index is 0.295. The SMILES string of the molecule is CC(CC#N)NCCc1ccccc1. The molecule has 0 fully saturated rings. The van der Waals surface area contributed by atoms with Gasteiger partial charge in [-0.2, -0.15) is 5.26 Å². The van der Waals surface area contributed by atoms with E-state index in [4.69, 9.17) is 5.26 Å². The minimum absolute atomic E-state index is 0.295. The van der Waals surface area contributed by atoms with E-state index < -0.39 is 0 Å². The highest BCUT2D eigenvalue weighted by atomic mass is 14.9. The third-order valence-electron chi connectivity index (χ3n) is 2.15. The number of hydrogen-bond donors (Lipinski definition) is 1. The standard InChI is InChI=1S/C12H16N2/c1-11(7-9-13)14-10-8-12-5-3-2-4-6-12/h2-6,11,14H,7-8,10H2,1H3. The molecule has 1 unspecified atom stereocenters. The van der Waals surface area contributed by atoms with Crippen molar-refractivity contribution in [2.45, 2.75) is 25.8 Å². The van der Waals surface area contributed by atoms with Gasteiger partial charge in [0.05, 0.1) is 12.5 Å². The lowest BCUT2D eigenvalue weighted by Crippen LogP contribution is -2.27. The van der Waals surface area contributed by atoms with Crippen LogP contribution in [0, 0.1) is 11.3 Å². The first-order chi connectivity index (χ1) is 6.83. The van der Waals surface area contributed by atoms with Crippen LogP contribution in [0.5, 0.6) is 0 Å². The van der Waals surface area contributed by atoms with Gasteiger partial charge in [0.1, 0.15) is 0 Å². The van der Waals surface area contributed by atoms with E-state index in [-0.39, 0.29) is 0 Å². The highest BCUT2D eigenvalue weighted by molar-refractivity contribution is 5.14. The lowest BCUT2D eigenvalue weighted by atomic mass is 10.1. The van der Waals surface area contributed by atoms with E-state index in [1.54, 1.807) is 0 Å². The predicted molar refractivity (Wildman–Crippen MR) is 57.8 cm³/mol. The monoisotopic (exact) mass is 188 g/mol. The van der Waals surface area contributed by atoms with Crippen molar-refractivity contribution in [1.82, 2.24) is 5.32 Å². The van der Waals surface area contributed by atoms with Crippen molar-refractivity contribution >= 4 is 0 Å². The van der Waals surface area contributed by atoms with Gasteiger partial charge in [0, 0.05) is 6.04 Å². The van der Waals surface area contributed by atoms with Crippen LogP contribution in [-0.4, -0.2) is 12.6 Å². The van der Waals surface area contributed by atoms with Crippen molar-refractivity contribution in [3.05, 3.63) is 35.9 Å². The van der Waals surface area contributed by atoms with Crippen LogP contribution in [0.4, 0.5) is 0 Å². The molecule has 0 saturated heterocycles. The average Bonchev–Trinajstić information content (AvgIpc) is 2.20. The summed E-state index contributed by atoms with van der Waals surface area (Å²) < 4.78 is 0. The molecular weight excluding hydrogens is 172 g/mol. The average molecular weight is 188 g/mol. The van der Waals surface area contributed by atoms with Gasteiger partial charge in [-0.1, -0.05) is 30.3 Å². The van der Waals surface area contributed by atoms with E-state index in [1.807, 2.05) is 25.1 Å². The zero-order valence-electron chi connectivity index (χ0n) is 8.53. The summed E-state index contributed by atoms with van der Waals surface area (Å²) in [6.45, 7) is 2.97. The Balaban J connectivity index is 2.19. The van der Waals surface area contributed by atoms with Gasteiger partial charge in [0.25, 0.3) is 0 Å². The van der Waals surface area contributed by atoms with E-state index in [0.717, 1.165) is 13.0 Å². The molecular formula is C12H16N2. The van der Waals surface area contributed by atoms with E-state index in [0.29, 0.717) is 12.5 Å². The van der Waals surface area contributed by atoms with Gasteiger partial charge < -0.3 is 5.32 Å². The largest absolute Gasteiger partial charge is 0.313 e. The highest BCUT2D eigenvalue weighted by Gasteiger charge is 1.98. The summed E-state index contributed by atoms with van der Waals surface area (Å²) in [5.41, 5.74) is 1.34. The van der Waals surface area contributed by atoms with Crippen LogP contribution in [0.15, 0.2) is 30.3 Å². The lowest BCUT2D eigenvalue weighted by Gasteiger charge is -2.09. The first kappa shape index (κ1) is 10.7. The zero-order chi connectivity index (χ0) is 10.2. The Morgan fingerprint density at radius 2 is 2.07 bits per heavy atom. The summed E-state index contributed by atoms with van der Waals surface area (Å²) in [4.78, 5) is 0. The second kappa shape index (κ2) is 6.17. The topological polar surface area (TPSA) is 35.8 Å². The second-order valence-corrected chi connectivity index (χ2v) is 3.45. The van der Waals surface area contributed by atoms with E-state index in [1.165, 1.54) is 5.56 Å². The van der Waals surface area contributed by atoms with Crippen molar-refractivity contribution in [2.75, 3.05) is 6.54 Å². The van der Waals surface area contributed by atoms with Crippen molar-refractivity contribution < 1.29 is 0 Å². The maximum absolute atomic E-state index is 8.46. The van der Waals surface area contributed by atoms with Crippen LogP contribution in [0.2, 0.25) is 0 Å². The quantitative estimate of drug-likeness (QED) is 0.768. The third-order valence-corrected chi connectivity index (χ3v) is 2.15. The van der Waals surface area contributed by atoms with Crippen molar-refractivity contribution in [3.8, 4) is 6.07 Å². The van der Waals surface area contributed by atoms with Gasteiger partial charge >= 0.3 is 0 Å². The fraction of sp³-hybridized carbons (Fsp3) is 0.417. The molecule has 1 rings (SSSR count). The first-order valence-corrected chi connectivity index (χ1v) is 4.97. The molecule has 0 aromatic heterocycles. The molecule has 0 bridgehead atoms. The Bertz CT molecular complexity index is 287. The predicted octanol–water partition coefficient (Wildman–Crippen LogP) is 2.12. The molecule has 0 amide bonds. The fourth-order valence-electron chi connectivity index (χ4n) is 1.32. The number of nitrogens with zero attached hydrogens (tertiary/aromatic N) is 1. The molecule has 0 heterocycles. The van der Waals surface area contributed by atoms with Crippen LogP contribution >= 0.6 is 0 Å². The minimum Gasteiger partial charge on any atom is -0.313 e. The number of benzene rings is 1. The molecule has 0 radical (unpaired) electrons. The molecule has 0 saturated carbocycles. The second-order valence-electron chi connectivity index (χ2n) is 3.45. The molecule has 2 nitrogen and oxygen atoms in total. The third kappa shape index (κ3) is 4.06. The van der Waals surface area contributed by atoms with Crippen LogP contribution in [-0.2, 0) is 6.42 Å². The summed E-state index contributed by atoms with van der Waals surface area (Å²) in [5, 5.41) is 11.8. The first-order valence-electron chi connectivity index (χ1n) is 4.97. The Morgan fingerprint density at radius 1 is 1.36 bits per heavy atom. The van der Waals surface area contributed by atoms with Crippen LogP contribution in [0.1, 0.15) is 18.9 Å². The Hall–Kier alpha value is -1.33. The molecule has 1 N–H and O–H groups in total. The van der Waals surface area contributed by atoms with Gasteiger partial charge in [-0.05, 0) is 25.5 Å². The summed E-state index contributed by atoms with van der Waals surface area (Å²) in [6, 6.07) is 12.8. The van der Waals surface area contributed by atoms with Crippen molar-refractivity contribution in [2.24, 2.45) is 0 Å². The lowest BCUT2D eigenvalue weighted by molar-refractivity contribution is 0.560. The molecule has 74 valence electrons. The molecule has 1 atom stereocenters. The normalized spacial score (nSPS) is 12.0. The van der Waals surface area contributed by atoms with Crippen LogP contribution in [0.3, 0.4) is 0 Å². The van der Waals surface area contributed by atoms with Gasteiger partial charge in [-0.15, -0.1) is 0 Å². The Morgan fingerprint density at radius 3 is 2.71 bits per heavy atom. The molecule has 2 heteroatoms. The molecule has 1 aromatic carbocycles. The van der Waals surface area contributed by atoms with Crippen molar-refractivity contribution in [1.29, 1.82) is 5.26 Å². The smallest absolute Gasteiger partial charge is 0.0638 e. The number of nitriles is 1. The molecule has 0 aliphatic heterocycles. The van der Waals surface area contributed by atoms with Crippen molar-refractivity contribution in [3.63, 3.8) is 0 Å². The molecule has 0 aliphatic rings. The van der Waals surface area contributed by atoms with E-state index >= 15 is 0 Å². The Labute approximate surface area is 85.6 Å². The van der Waals surface area contributed by atoms with Crippen LogP contribution < -0.4 is 5.32 Å².